The summed E-state index contributed by atoms with van der Waals surface area (Å²) < 4.78 is 34.4. The minimum absolute atomic E-state index is 0.242. The van der Waals surface area contributed by atoms with Crippen molar-refractivity contribution in [1.29, 1.82) is 0 Å². The van der Waals surface area contributed by atoms with E-state index in [9.17, 15) is 61.0 Å². The highest BCUT2D eigenvalue weighted by Gasteiger charge is 2.53. The molecule has 3 rings (SSSR count). The van der Waals surface area contributed by atoms with Crippen molar-refractivity contribution in [3.8, 4) is 0 Å². The van der Waals surface area contributed by atoms with Crippen molar-refractivity contribution in [2.75, 3.05) is 26.4 Å². The SMILES string of the molecule is CC/C=C\C/C=C\C/C=C\C/C=C\C/C=C\CCCCCCCC(=O)NC(COC1OC(CO)C(OC2OC(CO)C(OC3OC(CO)C(O)C(O)C3O)C(O)C2O)C(O)C1O)C(O)CCCCCCCCCCCCCCCCCCCCCCCCCC. The lowest BCUT2D eigenvalue weighted by Gasteiger charge is -2.48. The van der Waals surface area contributed by atoms with Crippen molar-refractivity contribution in [2.45, 2.75) is 356 Å². The molecule has 17 atom stereocenters. The van der Waals surface area contributed by atoms with E-state index in [1.807, 2.05) is 0 Å². The number of hydrogen-bond donors (Lipinski definition) is 12. The molecule has 3 aliphatic rings. The number of hydrogen-bond acceptors (Lipinski definition) is 18. The maximum absolute atomic E-state index is 13.4. The molecule has 3 saturated heterocycles. The van der Waals surface area contributed by atoms with Gasteiger partial charge in [0.1, 0.15) is 73.2 Å². The maximum Gasteiger partial charge on any atom is 0.220 e. The van der Waals surface area contributed by atoms with E-state index in [1.54, 1.807) is 0 Å². The molecule has 0 aromatic heterocycles. The monoisotopic (exact) mass is 1280 g/mol. The summed E-state index contributed by atoms with van der Waals surface area (Å²) in [6.45, 7) is 1.69. The van der Waals surface area contributed by atoms with Crippen molar-refractivity contribution in [3.63, 3.8) is 0 Å². The molecule has 1 amide bonds. The molecule has 0 spiro atoms. The zero-order valence-corrected chi connectivity index (χ0v) is 55.4. The van der Waals surface area contributed by atoms with Gasteiger partial charge in [-0.05, 0) is 57.8 Å². The predicted molar refractivity (Wildman–Crippen MR) is 351 cm³/mol. The van der Waals surface area contributed by atoms with Gasteiger partial charge in [0, 0.05) is 6.42 Å². The number of amides is 1. The summed E-state index contributed by atoms with van der Waals surface area (Å²) in [6, 6.07) is -0.902. The molecule has 3 heterocycles. The first kappa shape index (κ1) is 81.7. The Morgan fingerprint density at radius 1 is 0.411 bits per heavy atom. The standard InChI is InChI=1S/C71H127NO18/c1-3-5-7-9-11-13-15-17-19-21-23-25-26-27-29-30-32-34-36-38-40-42-44-46-48-55(76)54(72-59(77)49-47-45-43-41-39-37-35-33-31-28-24-22-20-18-16-14-12-10-8-6-4-2)53-85-69-65(83)62(80)67(57(51-74)87-69)90-71-66(84)63(81)68(58(52-75)88-71)89-70-64(82)61(79)60(78)56(50-73)86-70/h6,8,12,14,18,20,24,28,33,35,54-58,60-71,73-76,78-84H,3-5,7,9-11,13,15-17,19,21-23,25-27,29-32,34,36-53H2,1-2H3,(H,72,77)/b8-6-,14-12-,20-18-,28-24-,35-33-. The Hall–Kier alpha value is -2.51. The summed E-state index contributed by atoms with van der Waals surface area (Å²) in [7, 11) is 0. The number of carbonyl (C=O) groups excluding carboxylic acids is 1. The molecule has 12 N–H and O–H groups in total. The summed E-state index contributed by atoms with van der Waals surface area (Å²) in [6.07, 6.45) is 37.2. The van der Waals surface area contributed by atoms with Gasteiger partial charge >= 0.3 is 0 Å². The molecule has 3 fully saturated rings. The molecule has 524 valence electrons. The van der Waals surface area contributed by atoms with E-state index in [0.717, 1.165) is 89.9 Å². The van der Waals surface area contributed by atoms with E-state index in [1.165, 1.54) is 128 Å². The fraction of sp³-hybridized carbons (Fsp3) is 0.845. The molecule has 0 radical (unpaired) electrons. The van der Waals surface area contributed by atoms with Gasteiger partial charge < -0.3 is 89.9 Å². The second-order valence-corrected chi connectivity index (χ2v) is 25.3. The van der Waals surface area contributed by atoms with Crippen LogP contribution in [0.15, 0.2) is 60.8 Å². The molecular formula is C71H127NO18. The van der Waals surface area contributed by atoms with E-state index < -0.39 is 124 Å². The first-order chi connectivity index (χ1) is 43.8. The Morgan fingerprint density at radius 2 is 0.767 bits per heavy atom. The van der Waals surface area contributed by atoms with Crippen LogP contribution >= 0.6 is 0 Å². The van der Waals surface area contributed by atoms with Crippen LogP contribution in [0, 0.1) is 0 Å². The highest BCUT2D eigenvalue weighted by atomic mass is 16.8. The average molecular weight is 1280 g/mol. The van der Waals surface area contributed by atoms with Crippen molar-refractivity contribution in [1.82, 2.24) is 5.32 Å². The number of allylic oxidation sites excluding steroid dienone is 10. The summed E-state index contributed by atoms with van der Waals surface area (Å²) in [5.41, 5.74) is 0. The topological polar surface area (TPSA) is 307 Å². The largest absolute Gasteiger partial charge is 0.394 e. The minimum Gasteiger partial charge on any atom is -0.394 e. The molecule has 19 heteroatoms. The fourth-order valence-corrected chi connectivity index (χ4v) is 11.9. The van der Waals surface area contributed by atoms with Crippen molar-refractivity contribution >= 4 is 5.91 Å². The second kappa shape index (κ2) is 52.7. The smallest absolute Gasteiger partial charge is 0.220 e. The third kappa shape index (κ3) is 34.2. The molecule has 0 bridgehead atoms. The number of unbranched alkanes of at least 4 members (excludes halogenated alkanes) is 28. The molecule has 19 nitrogen and oxygen atoms in total. The summed E-state index contributed by atoms with van der Waals surface area (Å²) in [5, 5.41) is 121. The lowest BCUT2D eigenvalue weighted by Crippen LogP contribution is -2.66. The van der Waals surface area contributed by atoms with E-state index in [-0.39, 0.29) is 18.9 Å². The molecule has 3 aliphatic heterocycles. The number of carbonyl (C=O) groups is 1. The first-order valence-electron chi connectivity index (χ1n) is 35.5. The van der Waals surface area contributed by atoms with Crippen molar-refractivity contribution < 1.29 is 89.4 Å². The summed E-state index contributed by atoms with van der Waals surface area (Å²) >= 11 is 0. The van der Waals surface area contributed by atoms with Crippen LogP contribution in [-0.2, 0) is 33.2 Å². The van der Waals surface area contributed by atoms with Crippen LogP contribution in [0.2, 0.25) is 0 Å². The molecule has 0 aromatic carbocycles. The number of ether oxygens (including phenoxy) is 6. The van der Waals surface area contributed by atoms with E-state index in [4.69, 9.17) is 28.4 Å². The predicted octanol–water partition coefficient (Wildman–Crippen LogP) is 9.55. The van der Waals surface area contributed by atoms with E-state index >= 15 is 0 Å². The van der Waals surface area contributed by atoms with E-state index in [2.05, 4.69) is 79.9 Å². The van der Waals surface area contributed by atoms with Gasteiger partial charge in [-0.15, -0.1) is 0 Å². The zero-order valence-electron chi connectivity index (χ0n) is 55.4. The Labute approximate surface area is 541 Å². The van der Waals surface area contributed by atoms with Crippen LogP contribution in [0.3, 0.4) is 0 Å². The molecule has 17 unspecified atom stereocenters. The highest BCUT2D eigenvalue weighted by Crippen LogP contribution is 2.33. The molecule has 90 heavy (non-hydrogen) atoms. The fourth-order valence-electron chi connectivity index (χ4n) is 11.9. The maximum atomic E-state index is 13.4. The Bertz CT molecular complexity index is 1870. The van der Waals surface area contributed by atoms with Crippen LogP contribution in [0.5, 0.6) is 0 Å². The third-order valence-electron chi connectivity index (χ3n) is 17.6. The number of aliphatic hydroxyl groups excluding tert-OH is 11. The van der Waals surface area contributed by atoms with Gasteiger partial charge in [0.2, 0.25) is 5.91 Å². The number of aliphatic hydroxyl groups is 11. The quantitative estimate of drug-likeness (QED) is 0.0199. The Morgan fingerprint density at radius 3 is 1.20 bits per heavy atom. The summed E-state index contributed by atoms with van der Waals surface area (Å²) in [4.78, 5) is 13.4. The summed E-state index contributed by atoms with van der Waals surface area (Å²) in [5.74, 6) is -0.261. The van der Waals surface area contributed by atoms with Crippen LogP contribution < -0.4 is 5.32 Å². The lowest BCUT2D eigenvalue weighted by molar-refractivity contribution is -0.379. The highest BCUT2D eigenvalue weighted by molar-refractivity contribution is 5.76. The van der Waals surface area contributed by atoms with Crippen LogP contribution in [-0.4, -0.2) is 193 Å². The number of rotatable bonds is 54. The Kier molecular flexibility index (Phi) is 47.9. The normalized spacial score (nSPS) is 28.4. The van der Waals surface area contributed by atoms with Gasteiger partial charge in [-0.3, -0.25) is 4.79 Å². The second-order valence-electron chi connectivity index (χ2n) is 25.3. The third-order valence-corrected chi connectivity index (χ3v) is 17.6. The van der Waals surface area contributed by atoms with Gasteiger partial charge in [0.05, 0.1) is 38.6 Å². The van der Waals surface area contributed by atoms with Crippen LogP contribution in [0.25, 0.3) is 0 Å². The first-order valence-corrected chi connectivity index (χ1v) is 35.5. The minimum atomic E-state index is -1.98. The molecule has 0 aliphatic carbocycles. The van der Waals surface area contributed by atoms with Gasteiger partial charge in [-0.1, -0.05) is 248 Å². The average Bonchev–Trinajstić information content (AvgIpc) is 0.853. The van der Waals surface area contributed by atoms with E-state index in [0.29, 0.717) is 12.8 Å². The van der Waals surface area contributed by atoms with Gasteiger partial charge in [-0.2, -0.15) is 0 Å². The van der Waals surface area contributed by atoms with Crippen LogP contribution in [0.1, 0.15) is 251 Å². The molecule has 0 saturated carbocycles. The lowest BCUT2D eigenvalue weighted by atomic mass is 9.96. The van der Waals surface area contributed by atoms with Gasteiger partial charge in [-0.25, -0.2) is 0 Å². The zero-order chi connectivity index (χ0) is 65.4. The molecule has 0 aromatic rings. The molecular weight excluding hydrogens is 1150 g/mol. The van der Waals surface area contributed by atoms with Crippen LogP contribution in [0.4, 0.5) is 0 Å². The Balaban J connectivity index is 1.44. The number of nitrogens with one attached hydrogen (secondary N) is 1. The van der Waals surface area contributed by atoms with Gasteiger partial charge in [0.15, 0.2) is 18.9 Å². The van der Waals surface area contributed by atoms with Crippen molar-refractivity contribution in [2.24, 2.45) is 0 Å². The van der Waals surface area contributed by atoms with Crippen molar-refractivity contribution in [3.05, 3.63) is 60.8 Å². The van der Waals surface area contributed by atoms with Gasteiger partial charge in [0.25, 0.3) is 0 Å².